The Balaban J connectivity index is 2.60. The molecule has 0 spiro atoms. The number of anilines is 1. The summed E-state index contributed by atoms with van der Waals surface area (Å²) in [5, 5.41) is 13.1. The minimum atomic E-state index is -3.16. The molecule has 0 aromatic heterocycles. The fraction of sp³-hybridized carbons (Fsp3) is 0.625. The summed E-state index contributed by atoms with van der Waals surface area (Å²) < 4.78 is 23.8. The molecule has 0 saturated carbocycles. The van der Waals surface area contributed by atoms with Gasteiger partial charge in [0.1, 0.15) is 0 Å². The van der Waals surface area contributed by atoms with Crippen molar-refractivity contribution in [2.75, 3.05) is 17.6 Å². The van der Waals surface area contributed by atoms with Gasteiger partial charge in [0, 0.05) is 12.2 Å². The van der Waals surface area contributed by atoms with Gasteiger partial charge in [-0.1, -0.05) is 27.7 Å². The molecule has 0 radical (unpaired) electrons. The number of nitrogens with one attached hydrogen (secondary N) is 1. The standard InChI is InChI=1S/C16H27NO3S/c1-5-10-21(19,20)15-8-6-13(7-9-15)17-12-14(18)11-16(2,3)4/h6-9,14,17-18H,5,10-12H2,1-4H3. The Morgan fingerprint density at radius 2 is 1.76 bits per heavy atom. The second-order valence-electron chi connectivity index (χ2n) is 6.64. The average Bonchev–Trinajstić information content (AvgIpc) is 2.35. The molecule has 5 heteroatoms. The summed E-state index contributed by atoms with van der Waals surface area (Å²) in [6.07, 6.45) is 0.901. The van der Waals surface area contributed by atoms with Crippen LogP contribution in [0.25, 0.3) is 0 Å². The Morgan fingerprint density at radius 1 is 1.19 bits per heavy atom. The molecule has 0 saturated heterocycles. The zero-order valence-electron chi connectivity index (χ0n) is 13.4. The SMILES string of the molecule is CCCS(=O)(=O)c1ccc(NCC(O)CC(C)(C)C)cc1. The van der Waals surface area contributed by atoms with Gasteiger partial charge in [-0.3, -0.25) is 0 Å². The van der Waals surface area contributed by atoms with Crippen molar-refractivity contribution < 1.29 is 13.5 Å². The maximum absolute atomic E-state index is 11.9. The molecule has 1 aromatic carbocycles. The first kappa shape index (κ1) is 18.0. The smallest absolute Gasteiger partial charge is 0.178 e. The van der Waals surface area contributed by atoms with Crippen LogP contribution in [0.1, 0.15) is 40.5 Å². The minimum Gasteiger partial charge on any atom is -0.391 e. The molecule has 0 heterocycles. The van der Waals surface area contributed by atoms with Gasteiger partial charge in [0.2, 0.25) is 0 Å². The van der Waals surface area contributed by atoms with E-state index in [1.54, 1.807) is 24.3 Å². The molecule has 0 aliphatic heterocycles. The van der Waals surface area contributed by atoms with Crippen molar-refractivity contribution in [2.45, 2.75) is 51.5 Å². The number of hydrogen-bond acceptors (Lipinski definition) is 4. The topological polar surface area (TPSA) is 66.4 Å². The molecule has 0 aliphatic rings. The molecular formula is C16H27NO3S. The molecule has 0 amide bonds. The van der Waals surface area contributed by atoms with Crippen LogP contribution < -0.4 is 5.32 Å². The number of aliphatic hydroxyl groups excluding tert-OH is 1. The Hall–Kier alpha value is -1.07. The second-order valence-corrected chi connectivity index (χ2v) is 8.75. The van der Waals surface area contributed by atoms with Gasteiger partial charge in [-0.25, -0.2) is 8.42 Å². The van der Waals surface area contributed by atoms with Crippen molar-refractivity contribution in [3.8, 4) is 0 Å². The lowest BCUT2D eigenvalue weighted by molar-refractivity contribution is 0.132. The molecule has 2 N–H and O–H groups in total. The highest BCUT2D eigenvalue weighted by molar-refractivity contribution is 7.91. The maximum atomic E-state index is 11.9. The third-order valence-corrected chi connectivity index (χ3v) is 5.01. The van der Waals surface area contributed by atoms with Crippen molar-refractivity contribution in [3.63, 3.8) is 0 Å². The fourth-order valence-corrected chi connectivity index (χ4v) is 3.51. The van der Waals surface area contributed by atoms with Gasteiger partial charge in [-0.15, -0.1) is 0 Å². The molecule has 1 aromatic rings. The van der Waals surface area contributed by atoms with E-state index in [1.165, 1.54) is 0 Å². The van der Waals surface area contributed by atoms with E-state index in [2.05, 4.69) is 26.1 Å². The van der Waals surface area contributed by atoms with Gasteiger partial charge in [-0.05, 0) is 42.5 Å². The summed E-state index contributed by atoms with van der Waals surface area (Å²) in [4.78, 5) is 0.352. The monoisotopic (exact) mass is 313 g/mol. The van der Waals surface area contributed by atoms with Crippen molar-refractivity contribution in [2.24, 2.45) is 5.41 Å². The van der Waals surface area contributed by atoms with Crippen molar-refractivity contribution >= 4 is 15.5 Å². The van der Waals surface area contributed by atoms with Gasteiger partial charge >= 0.3 is 0 Å². The quantitative estimate of drug-likeness (QED) is 0.812. The lowest BCUT2D eigenvalue weighted by atomic mass is 9.89. The average molecular weight is 313 g/mol. The highest BCUT2D eigenvalue weighted by Crippen LogP contribution is 2.21. The van der Waals surface area contributed by atoms with Crippen LogP contribution in [-0.4, -0.2) is 31.9 Å². The normalized spacial score (nSPS) is 14.0. The van der Waals surface area contributed by atoms with E-state index < -0.39 is 15.9 Å². The molecule has 0 fully saturated rings. The van der Waals surface area contributed by atoms with Crippen LogP contribution in [0, 0.1) is 5.41 Å². The Morgan fingerprint density at radius 3 is 2.24 bits per heavy atom. The first-order valence-corrected chi connectivity index (χ1v) is 9.04. The molecule has 120 valence electrons. The molecule has 1 rings (SSSR count). The summed E-state index contributed by atoms with van der Waals surface area (Å²) in [6, 6.07) is 6.71. The van der Waals surface area contributed by atoms with Crippen LogP contribution in [0.3, 0.4) is 0 Å². The largest absolute Gasteiger partial charge is 0.391 e. The number of aliphatic hydroxyl groups is 1. The molecule has 4 nitrogen and oxygen atoms in total. The Bertz CT molecular complexity index is 530. The molecule has 1 unspecified atom stereocenters. The lowest BCUT2D eigenvalue weighted by Crippen LogP contribution is -2.25. The molecule has 0 aliphatic carbocycles. The minimum absolute atomic E-state index is 0.0825. The first-order chi connectivity index (χ1) is 9.64. The third kappa shape index (κ3) is 6.48. The van der Waals surface area contributed by atoms with E-state index in [0.29, 0.717) is 24.3 Å². The molecular weight excluding hydrogens is 286 g/mol. The molecule has 1 atom stereocenters. The number of rotatable bonds is 7. The van der Waals surface area contributed by atoms with Crippen molar-refractivity contribution in [3.05, 3.63) is 24.3 Å². The zero-order chi connectivity index (χ0) is 16.1. The number of benzene rings is 1. The van der Waals surface area contributed by atoms with Gasteiger partial charge in [0.25, 0.3) is 0 Å². The van der Waals surface area contributed by atoms with Gasteiger partial charge in [-0.2, -0.15) is 0 Å². The summed E-state index contributed by atoms with van der Waals surface area (Å²) in [5.41, 5.74) is 0.900. The summed E-state index contributed by atoms with van der Waals surface area (Å²) in [6.45, 7) is 8.57. The van der Waals surface area contributed by atoms with Crippen LogP contribution in [0.2, 0.25) is 0 Å². The van der Waals surface area contributed by atoms with Crippen LogP contribution in [-0.2, 0) is 9.84 Å². The maximum Gasteiger partial charge on any atom is 0.178 e. The third-order valence-electron chi connectivity index (χ3n) is 3.08. The van der Waals surface area contributed by atoms with Crippen molar-refractivity contribution in [1.29, 1.82) is 0 Å². The van der Waals surface area contributed by atoms with Gasteiger partial charge in [0.15, 0.2) is 9.84 Å². The second kappa shape index (κ2) is 7.27. The predicted octanol–water partition coefficient (Wildman–Crippen LogP) is 3.08. The van der Waals surface area contributed by atoms with Crippen LogP contribution in [0.4, 0.5) is 5.69 Å². The number of hydrogen-bond donors (Lipinski definition) is 2. The van der Waals surface area contributed by atoms with Gasteiger partial charge < -0.3 is 10.4 Å². The highest BCUT2D eigenvalue weighted by atomic mass is 32.2. The highest BCUT2D eigenvalue weighted by Gasteiger charge is 2.16. The van der Waals surface area contributed by atoms with Crippen molar-refractivity contribution in [1.82, 2.24) is 0 Å². The first-order valence-electron chi connectivity index (χ1n) is 7.39. The summed E-state index contributed by atoms with van der Waals surface area (Å²) >= 11 is 0. The summed E-state index contributed by atoms with van der Waals surface area (Å²) in [5.74, 6) is 0.171. The van der Waals surface area contributed by atoms with E-state index in [-0.39, 0.29) is 11.2 Å². The molecule has 0 bridgehead atoms. The van der Waals surface area contributed by atoms with E-state index >= 15 is 0 Å². The van der Waals surface area contributed by atoms with E-state index in [9.17, 15) is 13.5 Å². The lowest BCUT2D eigenvalue weighted by Gasteiger charge is -2.22. The van der Waals surface area contributed by atoms with Crippen LogP contribution >= 0.6 is 0 Å². The van der Waals surface area contributed by atoms with E-state index in [1.807, 2.05) is 6.92 Å². The fourth-order valence-electron chi connectivity index (χ4n) is 2.18. The number of sulfone groups is 1. The predicted molar refractivity (Wildman–Crippen MR) is 87.4 cm³/mol. The molecule has 21 heavy (non-hydrogen) atoms. The van der Waals surface area contributed by atoms with E-state index in [4.69, 9.17) is 0 Å². The van der Waals surface area contributed by atoms with E-state index in [0.717, 1.165) is 5.69 Å². The Labute approximate surface area is 128 Å². The van der Waals surface area contributed by atoms with Crippen LogP contribution in [0.15, 0.2) is 29.2 Å². The zero-order valence-corrected chi connectivity index (χ0v) is 14.2. The summed E-state index contributed by atoms with van der Waals surface area (Å²) in [7, 11) is -3.16. The Kier molecular flexibility index (Phi) is 6.23. The van der Waals surface area contributed by atoms with Gasteiger partial charge in [0.05, 0.1) is 16.8 Å². The van der Waals surface area contributed by atoms with Crippen LogP contribution in [0.5, 0.6) is 0 Å².